The van der Waals surface area contributed by atoms with Gasteiger partial charge in [-0.15, -0.1) is 11.3 Å². The van der Waals surface area contributed by atoms with E-state index in [1.165, 1.54) is 23.5 Å². The lowest BCUT2D eigenvalue weighted by atomic mass is 10.0. The number of halogens is 2. The zero-order valence-corrected chi connectivity index (χ0v) is 12.0. The lowest BCUT2D eigenvalue weighted by Crippen LogP contribution is -2.05. The van der Waals surface area contributed by atoms with Gasteiger partial charge in [0, 0.05) is 38.0 Å². The smallest absolute Gasteiger partial charge is 0.168 e. The average molecular weight is 305 g/mol. The highest BCUT2D eigenvalue weighted by Crippen LogP contribution is 2.28. The standard InChI is InChI=1S/C16H10ClFOS/c17-13-5-3-6-14(18)11(13)8-15(19)12-9-20-16-7-2-1-4-10(12)16/h1-7,9H,8H2. The van der Waals surface area contributed by atoms with Gasteiger partial charge in [-0.2, -0.15) is 0 Å². The van der Waals surface area contributed by atoms with Crippen LogP contribution in [0.25, 0.3) is 10.1 Å². The van der Waals surface area contributed by atoms with Crippen LogP contribution in [-0.4, -0.2) is 5.78 Å². The van der Waals surface area contributed by atoms with Crippen LogP contribution in [-0.2, 0) is 6.42 Å². The minimum Gasteiger partial charge on any atom is -0.294 e. The highest BCUT2D eigenvalue weighted by molar-refractivity contribution is 7.17. The third-order valence-corrected chi connectivity index (χ3v) is 4.50. The number of hydrogen-bond acceptors (Lipinski definition) is 2. The van der Waals surface area contributed by atoms with Crippen molar-refractivity contribution in [1.82, 2.24) is 0 Å². The van der Waals surface area contributed by atoms with E-state index in [9.17, 15) is 9.18 Å². The monoisotopic (exact) mass is 304 g/mol. The first kappa shape index (κ1) is 13.3. The molecule has 0 amide bonds. The molecule has 1 aromatic heterocycles. The molecule has 20 heavy (non-hydrogen) atoms. The van der Waals surface area contributed by atoms with E-state index in [1.54, 1.807) is 6.07 Å². The van der Waals surface area contributed by atoms with Crippen LogP contribution < -0.4 is 0 Å². The number of fused-ring (bicyclic) bond motifs is 1. The van der Waals surface area contributed by atoms with Gasteiger partial charge in [-0.1, -0.05) is 35.9 Å². The van der Waals surface area contributed by atoms with Gasteiger partial charge in [0.1, 0.15) is 5.82 Å². The van der Waals surface area contributed by atoms with Gasteiger partial charge >= 0.3 is 0 Å². The Bertz CT molecular complexity index is 774. The number of rotatable bonds is 3. The number of thiophene rings is 1. The predicted octanol–water partition coefficient (Wildman–Crippen LogP) is 5.12. The van der Waals surface area contributed by atoms with Crippen molar-refractivity contribution in [3.8, 4) is 0 Å². The molecule has 0 spiro atoms. The molecule has 3 rings (SSSR count). The van der Waals surface area contributed by atoms with Crippen LogP contribution in [0, 0.1) is 5.82 Å². The maximum atomic E-state index is 13.7. The van der Waals surface area contributed by atoms with Crippen LogP contribution in [0.4, 0.5) is 4.39 Å². The molecule has 1 nitrogen and oxygen atoms in total. The molecule has 0 aliphatic rings. The minimum atomic E-state index is -0.439. The normalized spacial score (nSPS) is 10.9. The Morgan fingerprint density at radius 3 is 2.75 bits per heavy atom. The van der Waals surface area contributed by atoms with Crippen LogP contribution in [0.2, 0.25) is 5.02 Å². The van der Waals surface area contributed by atoms with Gasteiger partial charge < -0.3 is 0 Å². The molecule has 0 fully saturated rings. The summed E-state index contributed by atoms with van der Waals surface area (Å²) in [6.45, 7) is 0. The number of ketones is 1. The van der Waals surface area contributed by atoms with Crippen LogP contribution in [0.15, 0.2) is 47.8 Å². The van der Waals surface area contributed by atoms with Crippen LogP contribution >= 0.6 is 22.9 Å². The molecule has 0 N–H and O–H groups in total. The van der Waals surface area contributed by atoms with Gasteiger partial charge in [-0.25, -0.2) is 4.39 Å². The summed E-state index contributed by atoms with van der Waals surface area (Å²) in [4.78, 5) is 12.4. The highest BCUT2D eigenvalue weighted by Gasteiger charge is 2.16. The van der Waals surface area contributed by atoms with E-state index in [0.29, 0.717) is 5.56 Å². The molecule has 0 unspecified atom stereocenters. The van der Waals surface area contributed by atoms with Crippen LogP contribution in [0.5, 0.6) is 0 Å². The first-order chi connectivity index (χ1) is 9.66. The fraction of sp³-hybridized carbons (Fsp3) is 0.0625. The first-order valence-electron chi connectivity index (χ1n) is 6.09. The zero-order valence-electron chi connectivity index (χ0n) is 10.4. The summed E-state index contributed by atoms with van der Waals surface area (Å²) in [7, 11) is 0. The molecule has 1 heterocycles. The molecule has 0 radical (unpaired) electrons. The van der Waals surface area contributed by atoms with Crippen molar-refractivity contribution >= 4 is 38.8 Å². The Hall–Kier alpha value is -1.71. The third-order valence-electron chi connectivity index (χ3n) is 3.18. The molecule has 4 heteroatoms. The molecule has 0 saturated carbocycles. The SMILES string of the molecule is O=C(Cc1c(F)cccc1Cl)c1csc2ccccc12. The number of carbonyl (C=O) groups excluding carboxylic acids is 1. The third kappa shape index (κ3) is 2.35. The topological polar surface area (TPSA) is 17.1 Å². The Labute approximate surface area is 124 Å². The molecular formula is C16H10ClFOS. The van der Waals surface area contributed by atoms with Crippen LogP contribution in [0.3, 0.4) is 0 Å². The summed E-state index contributed by atoms with van der Waals surface area (Å²) in [6, 6.07) is 12.1. The van der Waals surface area contributed by atoms with E-state index < -0.39 is 5.82 Å². The number of Topliss-reactive ketones (excluding diaryl/α,β-unsaturated/α-hetero) is 1. The summed E-state index contributed by atoms with van der Waals surface area (Å²) in [5.74, 6) is -0.556. The largest absolute Gasteiger partial charge is 0.294 e. The van der Waals surface area contributed by atoms with Crippen molar-refractivity contribution in [1.29, 1.82) is 0 Å². The van der Waals surface area contributed by atoms with Gasteiger partial charge in [0.15, 0.2) is 5.78 Å². The summed E-state index contributed by atoms with van der Waals surface area (Å²) >= 11 is 7.48. The second-order valence-electron chi connectivity index (χ2n) is 4.45. The van der Waals surface area contributed by atoms with E-state index in [0.717, 1.165) is 10.1 Å². The predicted molar refractivity (Wildman–Crippen MR) is 81.3 cm³/mol. The Kier molecular flexibility index (Phi) is 3.55. The fourth-order valence-corrected chi connectivity index (χ4v) is 3.35. The second kappa shape index (κ2) is 5.35. The fourth-order valence-electron chi connectivity index (χ4n) is 2.15. The lowest BCUT2D eigenvalue weighted by molar-refractivity contribution is 0.0994. The van der Waals surface area contributed by atoms with E-state index >= 15 is 0 Å². The molecular weight excluding hydrogens is 295 g/mol. The minimum absolute atomic E-state index is 0.0216. The van der Waals surface area contributed by atoms with E-state index in [-0.39, 0.29) is 22.8 Å². The van der Waals surface area contributed by atoms with Crippen molar-refractivity contribution in [3.63, 3.8) is 0 Å². The Morgan fingerprint density at radius 1 is 1.15 bits per heavy atom. The number of hydrogen-bond donors (Lipinski definition) is 0. The van der Waals surface area contributed by atoms with Gasteiger partial charge in [0.25, 0.3) is 0 Å². The van der Waals surface area contributed by atoms with Crippen molar-refractivity contribution < 1.29 is 9.18 Å². The molecule has 100 valence electrons. The molecule has 3 aromatic rings. The maximum absolute atomic E-state index is 13.7. The van der Waals surface area contributed by atoms with E-state index in [4.69, 9.17) is 11.6 Å². The van der Waals surface area contributed by atoms with Gasteiger partial charge in [-0.05, 0) is 18.2 Å². The van der Waals surface area contributed by atoms with Crippen molar-refractivity contribution in [2.75, 3.05) is 0 Å². The zero-order chi connectivity index (χ0) is 14.1. The quantitative estimate of drug-likeness (QED) is 0.614. The molecule has 2 aromatic carbocycles. The average Bonchev–Trinajstić information content (AvgIpc) is 2.87. The summed E-state index contributed by atoms with van der Waals surface area (Å²) in [6.07, 6.45) is -0.0216. The summed E-state index contributed by atoms with van der Waals surface area (Å²) < 4.78 is 14.8. The van der Waals surface area contributed by atoms with Crippen LogP contribution in [0.1, 0.15) is 15.9 Å². The molecule has 0 aliphatic carbocycles. The lowest BCUT2D eigenvalue weighted by Gasteiger charge is -2.04. The Balaban J connectivity index is 1.98. The Morgan fingerprint density at radius 2 is 1.95 bits per heavy atom. The van der Waals surface area contributed by atoms with Gasteiger partial charge in [0.2, 0.25) is 0 Å². The van der Waals surface area contributed by atoms with E-state index in [1.807, 2.05) is 29.6 Å². The number of benzene rings is 2. The molecule has 0 aliphatic heterocycles. The molecule has 0 bridgehead atoms. The molecule has 0 atom stereocenters. The van der Waals surface area contributed by atoms with Crippen molar-refractivity contribution in [2.24, 2.45) is 0 Å². The summed E-state index contributed by atoms with van der Waals surface area (Å²) in [5.41, 5.74) is 0.888. The molecule has 0 saturated heterocycles. The van der Waals surface area contributed by atoms with Gasteiger partial charge in [0.05, 0.1) is 0 Å². The van der Waals surface area contributed by atoms with E-state index in [2.05, 4.69) is 0 Å². The number of carbonyl (C=O) groups is 1. The summed E-state index contributed by atoms with van der Waals surface area (Å²) in [5, 5.41) is 3.02. The van der Waals surface area contributed by atoms with Crippen molar-refractivity contribution in [3.05, 3.63) is 69.8 Å². The van der Waals surface area contributed by atoms with Crippen molar-refractivity contribution in [2.45, 2.75) is 6.42 Å². The maximum Gasteiger partial charge on any atom is 0.168 e. The van der Waals surface area contributed by atoms with Gasteiger partial charge in [-0.3, -0.25) is 4.79 Å². The second-order valence-corrected chi connectivity index (χ2v) is 5.76. The first-order valence-corrected chi connectivity index (χ1v) is 7.35. The highest BCUT2D eigenvalue weighted by atomic mass is 35.5.